The molecule has 0 saturated carbocycles. The fourth-order valence-corrected chi connectivity index (χ4v) is 3.05. The lowest BCUT2D eigenvalue weighted by molar-refractivity contribution is 0.413. The van der Waals surface area contributed by atoms with Crippen LogP contribution in [0, 0.1) is 6.92 Å². The number of rotatable bonds is 6. The lowest BCUT2D eigenvalue weighted by Gasteiger charge is -2.16. The number of hydrogen-bond acceptors (Lipinski definition) is 2. The van der Waals surface area contributed by atoms with Gasteiger partial charge in [0, 0.05) is 12.6 Å². The Morgan fingerprint density at radius 3 is 2.52 bits per heavy atom. The molecule has 0 aliphatic heterocycles. The maximum absolute atomic E-state index is 5.32. The lowest BCUT2D eigenvalue weighted by atomic mass is 9.99. The Bertz CT molecular complexity index is 841. The van der Waals surface area contributed by atoms with Gasteiger partial charge in [-0.25, -0.2) is 0 Å². The van der Waals surface area contributed by atoms with Gasteiger partial charge in [0.05, 0.1) is 7.11 Å². The zero-order valence-corrected chi connectivity index (χ0v) is 15.1. The number of nitrogens with one attached hydrogen (secondary N) is 1. The lowest BCUT2D eigenvalue weighted by Crippen LogP contribution is -2.18. The summed E-state index contributed by atoms with van der Waals surface area (Å²) in [7, 11) is 1.70. The summed E-state index contributed by atoms with van der Waals surface area (Å²) in [5.74, 6) is 0.896. The van der Waals surface area contributed by atoms with Crippen molar-refractivity contribution in [3.05, 3.63) is 89.5 Å². The fraction of sp³-hybridized carbons (Fsp3) is 0.217. The third kappa shape index (κ3) is 4.28. The van der Waals surface area contributed by atoms with Crippen LogP contribution in [0.15, 0.2) is 72.8 Å². The second-order valence-corrected chi connectivity index (χ2v) is 6.39. The zero-order chi connectivity index (χ0) is 17.6. The molecule has 0 aromatic heterocycles. The number of aryl methyl sites for hydroxylation is 1. The second kappa shape index (κ2) is 8.00. The van der Waals surface area contributed by atoms with E-state index in [1.807, 2.05) is 12.1 Å². The van der Waals surface area contributed by atoms with Crippen molar-refractivity contribution in [1.29, 1.82) is 0 Å². The molecular formula is C23H25NO. The molecule has 0 amide bonds. The standard InChI is InChI=1S/C23H25NO/c1-17-8-4-5-13-23(17)21-11-6-9-19(14-21)16-24-18(2)20-10-7-12-22(15-20)25-3/h4-15,18,24H,16H2,1-3H3/t18-/m1/s1. The van der Waals surface area contributed by atoms with E-state index in [9.17, 15) is 0 Å². The quantitative estimate of drug-likeness (QED) is 0.642. The number of ether oxygens (including phenoxy) is 1. The Morgan fingerprint density at radius 2 is 1.72 bits per heavy atom. The Balaban J connectivity index is 1.71. The first-order chi connectivity index (χ1) is 12.2. The Morgan fingerprint density at radius 1 is 0.920 bits per heavy atom. The summed E-state index contributed by atoms with van der Waals surface area (Å²) in [5, 5.41) is 3.60. The minimum absolute atomic E-state index is 0.261. The SMILES string of the molecule is COc1cccc([C@@H](C)NCc2cccc(-c3ccccc3C)c2)c1. The van der Waals surface area contributed by atoms with Crippen molar-refractivity contribution >= 4 is 0 Å². The Hall–Kier alpha value is -2.58. The molecule has 0 heterocycles. The molecule has 1 N–H and O–H groups in total. The van der Waals surface area contributed by atoms with Crippen molar-refractivity contribution in [3.8, 4) is 16.9 Å². The first-order valence-electron chi connectivity index (χ1n) is 8.69. The molecular weight excluding hydrogens is 306 g/mol. The number of hydrogen-bond donors (Lipinski definition) is 1. The van der Waals surface area contributed by atoms with Gasteiger partial charge in [0.25, 0.3) is 0 Å². The first-order valence-corrected chi connectivity index (χ1v) is 8.69. The van der Waals surface area contributed by atoms with Crippen LogP contribution < -0.4 is 10.1 Å². The molecule has 0 fully saturated rings. The van der Waals surface area contributed by atoms with E-state index in [0.29, 0.717) is 0 Å². The topological polar surface area (TPSA) is 21.3 Å². The van der Waals surface area contributed by atoms with E-state index in [2.05, 4.69) is 79.8 Å². The van der Waals surface area contributed by atoms with E-state index in [1.54, 1.807) is 7.11 Å². The average Bonchev–Trinajstić information content (AvgIpc) is 2.66. The van der Waals surface area contributed by atoms with Crippen LogP contribution >= 0.6 is 0 Å². The molecule has 2 heteroatoms. The number of benzene rings is 3. The molecule has 0 aliphatic rings. The highest BCUT2D eigenvalue weighted by molar-refractivity contribution is 5.67. The summed E-state index contributed by atoms with van der Waals surface area (Å²) in [6, 6.07) is 25.8. The highest BCUT2D eigenvalue weighted by Gasteiger charge is 2.07. The van der Waals surface area contributed by atoms with Crippen molar-refractivity contribution in [2.24, 2.45) is 0 Å². The predicted molar refractivity (Wildman–Crippen MR) is 105 cm³/mol. The van der Waals surface area contributed by atoms with Crippen molar-refractivity contribution < 1.29 is 4.74 Å². The van der Waals surface area contributed by atoms with E-state index in [-0.39, 0.29) is 6.04 Å². The fourth-order valence-electron chi connectivity index (χ4n) is 3.05. The third-order valence-electron chi connectivity index (χ3n) is 4.59. The van der Waals surface area contributed by atoms with Gasteiger partial charge in [-0.15, -0.1) is 0 Å². The summed E-state index contributed by atoms with van der Waals surface area (Å²) in [6.07, 6.45) is 0. The van der Waals surface area contributed by atoms with Gasteiger partial charge in [0.2, 0.25) is 0 Å². The van der Waals surface area contributed by atoms with Crippen LogP contribution in [0.2, 0.25) is 0 Å². The van der Waals surface area contributed by atoms with Crippen molar-refractivity contribution in [3.63, 3.8) is 0 Å². The normalized spacial score (nSPS) is 12.0. The van der Waals surface area contributed by atoms with E-state index < -0.39 is 0 Å². The van der Waals surface area contributed by atoms with Crippen LogP contribution in [-0.4, -0.2) is 7.11 Å². The minimum Gasteiger partial charge on any atom is -0.497 e. The van der Waals surface area contributed by atoms with E-state index in [1.165, 1.54) is 27.8 Å². The van der Waals surface area contributed by atoms with Crippen molar-refractivity contribution in [2.75, 3.05) is 7.11 Å². The smallest absolute Gasteiger partial charge is 0.119 e. The Labute approximate surface area is 150 Å². The van der Waals surface area contributed by atoms with E-state index in [0.717, 1.165) is 12.3 Å². The molecule has 3 rings (SSSR count). The molecule has 25 heavy (non-hydrogen) atoms. The highest BCUT2D eigenvalue weighted by atomic mass is 16.5. The van der Waals surface area contributed by atoms with Gasteiger partial charge in [0.15, 0.2) is 0 Å². The molecule has 3 aromatic carbocycles. The van der Waals surface area contributed by atoms with Gasteiger partial charge in [-0.3, -0.25) is 0 Å². The van der Waals surface area contributed by atoms with Gasteiger partial charge in [-0.2, -0.15) is 0 Å². The second-order valence-electron chi connectivity index (χ2n) is 6.39. The van der Waals surface area contributed by atoms with E-state index >= 15 is 0 Å². The van der Waals surface area contributed by atoms with Gasteiger partial charge in [0.1, 0.15) is 5.75 Å². The summed E-state index contributed by atoms with van der Waals surface area (Å²) < 4.78 is 5.32. The summed E-state index contributed by atoms with van der Waals surface area (Å²) in [6.45, 7) is 5.17. The molecule has 0 saturated heterocycles. The molecule has 0 bridgehead atoms. The first kappa shape index (κ1) is 17.2. The van der Waals surface area contributed by atoms with Crippen LogP contribution in [0.3, 0.4) is 0 Å². The highest BCUT2D eigenvalue weighted by Crippen LogP contribution is 2.24. The largest absolute Gasteiger partial charge is 0.497 e. The van der Waals surface area contributed by atoms with Crippen LogP contribution in [-0.2, 0) is 6.54 Å². The van der Waals surface area contributed by atoms with Gasteiger partial charge in [-0.05, 0) is 59.9 Å². The number of methoxy groups -OCH3 is 1. The maximum Gasteiger partial charge on any atom is 0.119 e. The summed E-state index contributed by atoms with van der Waals surface area (Å²) in [4.78, 5) is 0. The average molecular weight is 331 g/mol. The predicted octanol–water partition coefficient (Wildman–Crippen LogP) is 5.52. The monoisotopic (exact) mass is 331 g/mol. The molecule has 2 nitrogen and oxygen atoms in total. The molecule has 0 spiro atoms. The van der Waals surface area contributed by atoms with Gasteiger partial charge >= 0.3 is 0 Å². The van der Waals surface area contributed by atoms with Crippen LogP contribution in [0.1, 0.15) is 29.7 Å². The third-order valence-corrected chi connectivity index (χ3v) is 4.59. The van der Waals surface area contributed by atoms with Crippen molar-refractivity contribution in [1.82, 2.24) is 5.32 Å². The molecule has 0 aliphatic carbocycles. The molecule has 0 radical (unpaired) electrons. The van der Waals surface area contributed by atoms with Crippen LogP contribution in [0.25, 0.3) is 11.1 Å². The molecule has 1 atom stereocenters. The summed E-state index contributed by atoms with van der Waals surface area (Å²) in [5.41, 5.74) is 6.39. The minimum atomic E-state index is 0.261. The van der Waals surface area contributed by atoms with E-state index in [4.69, 9.17) is 4.74 Å². The molecule has 128 valence electrons. The molecule has 0 unspecified atom stereocenters. The van der Waals surface area contributed by atoms with Crippen LogP contribution in [0.5, 0.6) is 5.75 Å². The maximum atomic E-state index is 5.32. The van der Waals surface area contributed by atoms with Gasteiger partial charge < -0.3 is 10.1 Å². The van der Waals surface area contributed by atoms with Crippen LogP contribution in [0.4, 0.5) is 0 Å². The molecule has 3 aromatic rings. The Kier molecular flexibility index (Phi) is 5.52. The van der Waals surface area contributed by atoms with Crippen molar-refractivity contribution in [2.45, 2.75) is 26.4 Å². The summed E-state index contributed by atoms with van der Waals surface area (Å²) >= 11 is 0. The van der Waals surface area contributed by atoms with Gasteiger partial charge in [-0.1, -0.05) is 54.6 Å². The zero-order valence-electron chi connectivity index (χ0n) is 15.1.